The number of carbonyl (C=O) groups excluding carboxylic acids is 1. The lowest BCUT2D eigenvalue weighted by atomic mass is 10.8. The molecule has 0 aliphatic heterocycles. The lowest BCUT2D eigenvalue weighted by Gasteiger charge is -1.93. The maximum atomic E-state index is 10.1. The molecule has 0 unspecified atom stereocenters. The van der Waals surface area contributed by atoms with Gasteiger partial charge in [0.25, 0.3) is 0 Å². The fourth-order valence-electron chi connectivity index (χ4n) is 0.232. The van der Waals surface area contributed by atoms with Gasteiger partial charge in [-0.05, 0) is 0 Å². The molecular weight excluding hydrogens is 112 g/mol. The highest BCUT2D eigenvalue weighted by Crippen LogP contribution is 1.66. The van der Waals surface area contributed by atoms with Gasteiger partial charge in [-0.15, -0.1) is 0 Å². The topological polar surface area (TPSA) is 29.1 Å². The quantitative estimate of drug-likeness (QED) is 0.497. The molecule has 42 valence electrons. The molecule has 0 atom stereocenters. The van der Waals surface area contributed by atoms with Crippen molar-refractivity contribution in [1.29, 1.82) is 0 Å². The normalized spacial score (nSPS) is 8.29. The van der Waals surface area contributed by atoms with Crippen molar-refractivity contribution < 1.29 is 4.79 Å². The van der Waals surface area contributed by atoms with Crippen molar-refractivity contribution in [2.75, 3.05) is 12.3 Å². The third-order valence-electron chi connectivity index (χ3n) is 0.486. The van der Waals surface area contributed by atoms with E-state index in [9.17, 15) is 4.79 Å². The minimum atomic E-state index is 0.00838. The number of hydrogen-bond acceptors (Lipinski definition) is 2. The van der Waals surface area contributed by atoms with Gasteiger partial charge in [-0.3, -0.25) is 4.79 Å². The van der Waals surface area contributed by atoms with Crippen LogP contribution < -0.4 is 5.32 Å². The molecule has 1 N–H and O–H groups in total. The summed E-state index contributed by atoms with van der Waals surface area (Å²) in [5, 5.41) is 2.58. The molecule has 2 nitrogen and oxygen atoms in total. The first-order chi connectivity index (χ1) is 3.27. The average Bonchev–Trinajstić information content (AvgIpc) is 1.61. The Kier molecular flexibility index (Phi) is 3.89. The third kappa shape index (κ3) is 5.82. The summed E-state index contributed by atoms with van der Waals surface area (Å²) in [6.45, 7) is 2.15. The van der Waals surface area contributed by atoms with E-state index < -0.39 is 0 Å². The van der Waals surface area contributed by atoms with Gasteiger partial charge in [-0.2, -0.15) is 12.6 Å². The highest BCUT2D eigenvalue weighted by molar-refractivity contribution is 7.80. The molecule has 0 aliphatic carbocycles. The summed E-state index contributed by atoms with van der Waals surface area (Å²) in [6, 6.07) is 0. The molecule has 0 saturated heterocycles. The minimum absolute atomic E-state index is 0.00838. The fourth-order valence-corrected chi connectivity index (χ4v) is 0.344. The summed E-state index contributed by atoms with van der Waals surface area (Å²) >= 11 is 3.88. The maximum Gasteiger partial charge on any atom is 0.216 e. The van der Waals surface area contributed by atoms with Crippen molar-refractivity contribution in [2.24, 2.45) is 0 Å². The van der Waals surface area contributed by atoms with Crippen molar-refractivity contribution in [3.05, 3.63) is 0 Å². The lowest BCUT2D eigenvalue weighted by Crippen LogP contribution is -2.21. The fraction of sp³-hybridized carbons (Fsp3) is 0.750. The monoisotopic (exact) mass is 121 g/mol. The van der Waals surface area contributed by atoms with E-state index in [0.29, 0.717) is 12.3 Å². The van der Waals surface area contributed by atoms with Crippen LogP contribution in [0.4, 0.5) is 0 Å². The van der Waals surface area contributed by atoms with Crippen LogP contribution in [0.2, 0.25) is 0 Å². The van der Waals surface area contributed by atoms with Gasteiger partial charge >= 0.3 is 0 Å². The first-order valence-electron chi connectivity index (χ1n) is 2.12. The highest BCUT2D eigenvalue weighted by atomic mass is 32.1. The summed E-state index contributed by atoms with van der Waals surface area (Å²) in [5.74, 6) is 0.716. The molecule has 0 spiro atoms. The summed E-state index contributed by atoms with van der Waals surface area (Å²) in [4.78, 5) is 10.1. The second kappa shape index (κ2) is 3.99. The molecule has 0 radical (unpaired) electrons. The van der Waals surface area contributed by atoms with Crippen LogP contribution in [0.15, 0.2) is 0 Å². The smallest absolute Gasteiger partial charge is 0.216 e. The first kappa shape index (κ1) is 6.82. The second-order valence-electron chi connectivity index (χ2n) is 1.21. The van der Waals surface area contributed by atoms with Gasteiger partial charge < -0.3 is 5.32 Å². The van der Waals surface area contributed by atoms with Crippen LogP contribution in [0.25, 0.3) is 0 Å². The van der Waals surface area contributed by atoms with E-state index >= 15 is 0 Å². The largest absolute Gasteiger partial charge is 0.356 e. The molecule has 0 aromatic rings. The van der Waals surface area contributed by atoms with Crippen LogP contribution in [0.1, 0.15) is 6.92 Å². The van der Waals surface area contributed by atoms with Gasteiger partial charge in [-0.1, -0.05) is 0 Å². The maximum absolute atomic E-state index is 10.1. The van der Waals surface area contributed by atoms with Crippen molar-refractivity contribution >= 4 is 18.5 Å². The van der Waals surface area contributed by atoms with E-state index in [-0.39, 0.29) is 5.91 Å². The van der Waals surface area contributed by atoms with Crippen molar-refractivity contribution in [3.8, 4) is 0 Å². The zero-order chi connectivity index (χ0) is 5.70. The van der Waals surface area contributed by atoms with Gasteiger partial charge in [0.05, 0.1) is 0 Å². The third-order valence-corrected chi connectivity index (χ3v) is 0.709. The Balaban J connectivity index is 2.82. The molecule has 7 heavy (non-hydrogen) atoms. The molecule has 0 aliphatic rings. The van der Waals surface area contributed by atoms with Crippen LogP contribution in [0.3, 0.4) is 0 Å². The number of hydrogen-bond donors (Lipinski definition) is 2. The SMILES string of the molecule is C[14C](=O)NCCS. The van der Waals surface area contributed by atoms with Crippen LogP contribution in [0.5, 0.6) is 0 Å². The standard InChI is InChI=1S/C4H9NOS/c1-4(6)5-2-3-7/h7H,2-3H2,1H3,(H,5,6)/i4+2. The molecule has 0 aromatic heterocycles. The summed E-state index contributed by atoms with van der Waals surface area (Å²) < 4.78 is 0. The Hall–Kier alpha value is -0.180. The molecule has 1 amide bonds. The molecule has 3 heteroatoms. The molecule has 0 bridgehead atoms. The first-order valence-corrected chi connectivity index (χ1v) is 2.76. The van der Waals surface area contributed by atoms with E-state index in [4.69, 9.17) is 0 Å². The van der Waals surface area contributed by atoms with Crippen LogP contribution in [-0.4, -0.2) is 18.2 Å². The van der Waals surface area contributed by atoms with Crippen molar-refractivity contribution in [3.63, 3.8) is 0 Å². The number of nitrogens with one attached hydrogen (secondary N) is 1. The number of rotatable bonds is 2. The summed E-state index contributed by atoms with van der Waals surface area (Å²) in [5.41, 5.74) is 0. The number of carbonyl (C=O) groups is 1. The Labute approximate surface area is 48.7 Å². The van der Waals surface area contributed by atoms with Crippen molar-refractivity contribution in [1.82, 2.24) is 5.32 Å². The molecular formula is C4H9NOS. The lowest BCUT2D eigenvalue weighted by molar-refractivity contribution is -0.118. The Morgan fingerprint density at radius 3 is 2.57 bits per heavy atom. The molecule has 0 rings (SSSR count). The van der Waals surface area contributed by atoms with Gasteiger partial charge in [0, 0.05) is 19.2 Å². The predicted molar refractivity (Wildman–Crippen MR) is 32.5 cm³/mol. The highest BCUT2D eigenvalue weighted by Gasteiger charge is 1.83. The van der Waals surface area contributed by atoms with E-state index in [2.05, 4.69) is 17.9 Å². The average molecular weight is 121 g/mol. The molecule has 0 heterocycles. The number of amides is 1. The molecule has 0 saturated carbocycles. The van der Waals surface area contributed by atoms with E-state index in [1.165, 1.54) is 6.92 Å². The summed E-state index contributed by atoms with van der Waals surface area (Å²) in [6.07, 6.45) is 0. The van der Waals surface area contributed by atoms with E-state index in [1.54, 1.807) is 0 Å². The van der Waals surface area contributed by atoms with Gasteiger partial charge in [0.1, 0.15) is 0 Å². The zero-order valence-corrected chi connectivity index (χ0v) is 5.16. The second-order valence-corrected chi connectivity index (χ2v) is 1.65. The number of thiol groups is 1. The van der Waals surface area contributed by atoms with E-state index in [0.717, 1.165) is 0 Å². The van der Waals surface area contributed by atoms with Crippen LogP contribution >= 0.6 is 12.6 Å². The summed E-state index contributed by atoms with van der Waals surface area (Å²) in [7, 11) is 0. The van der Waals surface area contributed by atoms with Crippen molar-refractivity contribution in [2.45, 2.75) is 6.92 Å². The molecule has 0 fully saturated rings. The Morgan fingerprint density at radius 2 is 2.43 bits per heavy atom. The Morgan fingerprint density at radius 1 is 1.86 bits per heavy atom. The minimum Gasteiger partial charge on any atom is -0.356 e. The van der Waals surface area contributed by atoms with Crippen LogP contribution in [-0.2, 0) is 4.79 Å². The van der Waals surface area contributed by atoms with E-state index in [1.807, 2.05) is 0 Å². The van der Waals surface area contributed by atoms with Gasteiger partial charge in [0.15, 0.2) is 0 Å². The Bertz CT molecular complexity index is 64.7. The van der Waals surface area contributed by atoms with Crippen LogP contribution in [0, 0.1) is 0 Å². The van der Waals surface area contributed by atoms with Gasteiger partial charge in [-0.25, -0.2) is 0 Å². The molecule has 0 aromatic carbocycles. The van der Waals surface area contributed by atoms with Gasteiger partial charge in [0.2, 0.25) is 5.91 Å². The zero-order valence-electron chi connectivity index (χ0n) is 4.27. The predicted octanol–water partition coefficient (Wildman–Crippen LogP) is 0.0523.